The number of nitrogens with one attached hydrogen (secondary N) is 2. The van der Waals surface area contributed by atoms with Crippen molar-refractivity contribution < 1.29 is 4.79 Å². The smallest absolute Gasteiger partial charge is 0.222 e. The fourth-order valence-corrected chi connectivity index (χ4v) is 3.97. The van der Waals surface area contributed by atoms with E-state index in [-0.39, 0.29) is 6.04 Å². The Labute approximate surface area is 169 Å². The highest BCUT2D eigenvalue weighted by Gasteiger charge is 2.19. The number of rotatable bonds is 8. The van der Waals surface area contributed by atoms with Crippen molar-refractivity contribution in [2.24, 2.45) is 4.99 Å². The van der Waals surface area contributed by atoms with E-state index < -0.39 is 0 Å². The van der Waals surface area contributed by atoms with E-state index in [0.29, 0.717) is 12.3 Å². The zero-order valence-corrected chi connectivity index (χ0v) is 17.4. The van der Waals surface area contributed by atoms with Gasteiger partial charge in [-0.25, -0.2) is 0 Å². The third-order valence-corrected chi connectivity index (χ3v) is 5.57. The molecule has 2 N–H and O–H groups in total. The Kier molecular flexibility index (Phi) is 7.57. The van der Waals surface area contributed by atoms with E-state index in [0.717, 1.165) is 58.1 Å². The van der Waals surface area contributed by atoms with Crippen molar-refractivity contribution in [1.82, 2.24) is 15.5 Å². The number of nitrogens with zero attached hydrogens (tertiary/aromatic N) is 3. The number of amides is 1. The minimum Gasteiger partial charge on any atom is -0.372 e. The molecule has 2 fully saturated rings. The molecule has 3 rings (SSSR count). The molecular weight excluding hydrogens is 350 g/mol. The van der Waals surface area contributed by atoms with Crippen LogP contribution in [0.5, 0.6) is 0 Å². The topological polar surface area (TPSA) is 60.0 Å². The maximum atomic E-state index is 11.7. The molecular formula is C22H35N5O. The van der Waals surface area contributed by atoms with Crippen LogP contribution in [0, 0.1) is 0 Å². The maximum absolute atomic E-state index is 11.7. The zero-order valence-electron chi connectivity index (χ0n) is 17.4. The summed E-state index contributed by atoms with van der Waals surface area (Å²) in [5.41, 5.74) is 2.60. The molecule has 154 valence electrons. The number of benzene rings is 1. The fourth-order valence-electron chi connectivity index (χ4n) is 3.97. The van der Waals surface area contributed by atoms with Gasteiger partial charge in [-0.15, -0.1) is 0 Å². The first kappa shape index (κ1) is 20.5. The van der Waals surface area contributed by atoms with Crippen LogP contribution in [0.3, 0.4) is 0 Å². The third kappa shape index (κ3) is 5.63. The van der Waals surface area contributed by atoms with Gasteiger partial charge in [-0.1, -0.05) is 12.1 Å². The van der Waals surface area contributed by atoms with Crippen molar-refractivity contribution >= 4 is 17.6 Å². The first-order valence-electron chi connectivity index (χ1n) is 10.8. The van der Waals surface area contributed by atoms with Crippen LogP contribution in [0.2, 0.25) is 0 Å². The quantitative estimate of drug-likeness (QED) is 0.410. The van der Waals surface area contributed by atoms with E-state index in [1.54, 1.807) is 0 Å². The zero-order chi connectivity index (χ0) is 19.8. The van der Waals surface area contributed by atoms with Crippen molar-refractivity contribution in [2.75, 3.05) is 44.2 Å². The second kappa shape index (κ2) is 10.3. The molecule has 1 atom stereocenters. The van der Waals surface area contributed by atoms with Crippen molar-refractivity contribution in [3.8, 4) is 0 Å². The SMILES string of the molecule is CCNC(=NCCCN1CCCC1=O)NC(C)c1cccc(N2CCCC2)c1. The van der Waals surface area contributed by atoms with E-state index >= 15 is 0 Å². The molecule has 2 aliphatic rings. The lowest BCUT2D eigenvalue weighted by Gasteiger charge is -2.22. The summed E-state index contributed by atoms with van der Waals surface area (Å²) >= 11 is 0. The number of carbonyl (C=O) groups excluding carboxylic acids is 1. The van der Waals surface area contributed by atoms with Gasteiger partial charge in [0, 0.05) is 51.4 Å². The Morgan fingerprint density at radius 1 is 1.21 bits per heavy atom. The molecule has 1 aromatic rings. The Hall–Kier alpha value is -2.24. The molecule has 0 bridgehead atoms. The predicted molar refractivity (Wildman–Crippen MR) is 116 cm³/mol. The second-order valence-corrected chi connectivity index (χ2v) is 7.75. The van der Waals surface area contributed by atoms with Crippen molar-refractivity contribution in [1.29, 1.82) is 0 Å². The first-order valence-corrected chi connectivity index (χ1v) is 10.8. The number of hydrogen-bond donors (Lipinski definition) is 2. The largest absolute Gasteiger partial charge is 0.372 e. The molecule has 0 spiro atoms. The average molecular weight is 386 g/mol. The average Bonchev–Trinajstić information content (AvgIpc) is 3.37. The lowest BCUT2D eigenvalue weighted by molar-refractivity contribution is -0.127. The molecule has 1 aromatic carbocycles. The number of hydrogen-bond acceptors (Lipinski definition) is 3. The van der Waals surface area contributed by atoms with E-state index in [4.69, 9.17) is 4.99 Å². The predicted octanol–water partition coefficient (Wildman–Crippen LogP) is 2.92. The molecule has 2 heterocycles. The number of anilines is 1. The molecule has 1 amide bonds. The minimum absolute atomic E-state index is 0.181. The van der Waals surface area contributed by atoms with Crippen molar-refractivity contribution in [3.63, 3.8) is 0 Å². The Bertz CT molecular complexity index is 669. The number of guanidine groups is 1. The normalized spacial score (nSPS) is 18.6. The van der Waals surface area contributed by atoms with Crippen molar-refractivity contribution in [3.05, 3.63) is 29.8 Å². The van der Waals surface area contributed by atoms with E-state index in [1.807, 2.05) is 4.90 Å². The fraction of sp³-hybridized carbons (Fsp3) is 0.636. The molecule has 0 saturated carbocycles. The summed E-state index contributed by atoms with van der Waals surface area (Å²) in [6, 6.07) is 9.02. The summed E-state index contributed by atoms with van der Waals surface area (Å²) in [5, 5.41) is 6.87. The Morgan fingerprint density at radius 2 is 2.04 bits per heavy atom. The van der Waals surface area contributed by atoms with Crippen LogP contribution in [-0.2, 0) is 4.79 Å². The summed E-state index contributed by atoms with van der Waals surface area (Å²) in [6.45, 7) is 9.86. The molecule has 2 aliphatic heterocycles. The van der Waals surface area contributed by atoms with Crippen LogP contribution >= 0.6 is 0 Å². The standard InChI is InChI=1S/C22H35N5O/c1-3-23-22(24-12-8-16-27-15-7-11-21(27)28)25-18(2)19-9-6-10-20(17-19)26-13-4-5-14-26/h6,9-10,17-18H,3-5,7-8,11-16H2,1-2H3,(H2,23,24,25). The van der Waals surface area contributed by atoms with Gasteiger partial charge in [-0.3, -0.25) is 9.79 Å². The highest BCUT2D eigenvalue weighted by atomic mass is 16.2. The molecule has 2 saturated heterocycles. The number of aliphatic imine (C=N–C) groups is 1. The van der Waals surface area contributed by atoms with Gasteiger partial charge in [-0.2, -0.15) is 0 Å². The van der Waals surface area contributed by atoms with Gasteiger partial charge in [0.15, 0.2) is 5.96 Å². The summed E-state index contributed by atoms with van der Waals surface area (Å²) in [5.74, 6) is 1.13. The molecule has 0 aromatic heterocycles. The van der Waals surface area contributed by atoms with Gasteiger partial charge in [0.25, 0.3) is 0 Å². The molecule has 0 radical (unpaired) electrons. The van der Waals surface area contributed by atoms with E-state index in [2.05, 4.69) is 53.6 Å². The highest BCUT2D eigenvalue weighted by molar-refractivity contribution is 5.80. The summed E-state index contributed by atoms with van der Waals surface area (Å²) in [7, 11) is 0. The summed E-state index contributed by atoms with van der Waals surface area (Å²) in [6.07, 6.45) is 5.19. The molecule has 0 aliphatic carbocycles. The lowest BCUT2D eigenvalue weighted by atomic mass is 10.1. The van der Waals surface area contributed by atoms with Gasteiger partial charge < -0.3 is 20.4 Å². The molecule has 6 heteroatoms. The Morgan fingerprint density at radius 3 is 2.75 bits per heavy atom. The second-order valence-electron chi connectivity index (χ2n) is 7.75. The van der Waals surface area contributed by atoms with Crippen LogP contribution in [-0.4, -0.2) is 56.0 Å². The van der Waals surface area contributed by atoms with Crippen molar-refractivity contribution in [2.45, 2.75) is 52.0 Å². The van der Waals surface area contributed by atoms with Crippen LogP contribution in [0.4, 0.5) is 5.69 Å². The molecule has 6 nitrogen and oxygen atoms in total. The minimum atomic E-state index is 0.181. The van der Waals surface area contributed by atoms with E-state index in [9.17, 15) is 4.79 Å². The monoisotopic (exact) mass is 385 g/mol. The van der Waals surface area contributed by atoms with Crippen LogP contribution in [0.1, 0.15) is 57.6 Å². The van der Waals surface area contributed by atoms with Crippen LogP contribution < -0.4 is 15.5 Å². The first-order chi connectivity index (χ1) is 13.7. The van der Waals surface area contributed by atoms with Crippen LogP contribution in [0.25, 0.3) is 0 Å². The number of carbonyl (C=O) groups is 1. The number of likely N-dealkylation sites (tertiary alicyclic amines) is 1. The summed E-state index contributed by atoms with van der Waals surface area (Å²) in [4.78, 5) is 20.8. The van der Waals surface area contributed by atoms with Gasteiger partial charge in [-0.05, 0) is 57.2 Å². The molecule has 1 unspecified atom stereocenters. The lowest BCUT2D eigenvalue weighted by Crippen LogP contribution is -2.39. The highest BCUT2D eigenvalue weighted by Crippen LogP contribution is 2.23. The van der Waals surface area contributed by atoms with Gasteiger partial charge in [0.1, 0.15) is 0 Å². The summed E-state index contributed by atoms with van der Waals surface area (Å²) < 4.78 is 0. The van der Waals surface area contributed by atoms with Gasteiger partial charge >= 0.3 is 0 Å². The van der Waals surface area contributed by atoms with E-state index in [1.165, 1.54) is 24.1 Å². The van der Waals surface area contributed by atoms with Gasteiger partial charge in [0.05, 0.1) is 6.04 Å². The Balaban J connectivity index is 1.53. The van der Waals surface area contributed by atoms with Crippen LogP contribution in [0.15, 0.2) is 29.3 Å². The third-order valence-electron chi connectivity index (χ3n) is 5.57. The van der Waals surface area contributed by atoms with Gasteiger partial charge in [0.2, 0.25) is 5.91 Å². The molecule has 28 heavy (non-hydrogen) atoms. The maximum Gasteiger partial charge on any atom is 0.222 e.